The van der Waals surface area contributed by atoms with Gasteiger partial charge in [-0.15, -0.1) is 0 Å². The van der Waals surface area contributed by atoms with Crippen LogP contribution < -0.4 is 0 Å². The minimum atomic E-state index is 0.837. The number of hydrogen-bond acceptors (Lipinski definition) is 4. The number of hydrogen-bond donors (Lipinski definition) is 0. The molecule has 0 bridgehead atoms. The van der Waals surface area contributed by atoms with E-state index >= 15 is 0 Å². The van der Waals surface area contributed by atoms with E-state index in [-0.39, 0.29) is 0 Å². The van der Waals surface area contributed by atoms with Crippen LogP contribution in [0.2, 0.25) is 0 Å². The summed E-state index contributed by atoms with van der Waals surface area (Å²) >= 11 is 0. The highest BCUT2D eigenvalue weighted by atomic mass is 16.3. The van der Waals surface area contributed by atoms with Crippen molar-refractivity contribution in [2.75, 3.05) is 0 Å². The molecule has 0 unspecified atom stereocenters. The molecule has 0 fully saturated rings. The van der Waals surface area contributed by atoms with Gasteiger partial charge < -0.3 is 8.83 Å². The normalized spacial score (nSPS) is 12.0. The van der Waals surface area contributed by atoms with Crippen LogP contribution in [-0.2, 0) is 0 Å². The highest BCUT2D eigenvalue weighted by Gasteiger charge is 2.18. The monoisotopic (exact) mass is 638 g/mol. The van der Waals surface area contributed by atoms with Crippen LogP contribution in [-0.4, -0.2) is 9.97 Å². The summed E-state index contributed by atoms with van der Waals surface area (Å²) in [6.45, 7) is 0. The first-order chi connectivity index (χ1) is 24.8. The number of nitrogens with zero attached hydrogens (tertiary/aromatic N) is 2. The molecular formula is C46H26N2O2. The smallest absolute Gasteiger partial charge is 0.147 e. The zero-order chi connectivity index (χ0) is 32.8. The van der Waals surface area contributed by atoms with Crippen molar-refractivity contribution in [2.24, 2.45) is 0 Å². The van der Waals surface area contributed by atoms with Gasteiger partial charge in [0.05, 0.1) is 28.3 Å². The van der Waals surface area contributed by atoms with E-state index in [2.05, 4.69) is 133 Å². The lowest BCUT2D eigenvalue weighted by atomic mass is 9.97. The topological polar surface area (TPSA) is 52.1 Å². The van der Waals surface area contributed by atoms with Crippen molar-refractivity contribution in [2.45, 2.75) is 0 Å². The number of aromatic nitrogens is 2. The Balaban J connectivity index is 0.953. The van der Waals surface area contributed by atoms with E-state index in [0.717, 1.165) is 99.2 Å². The molecule has 0 amide bonds. The van der Waals surface area contributed by atoms with Crippen LogP contribution in [0.15, 0.2) is 167 Å². The van der Waals surface area contributed by atoms with Gasteiger partial charge in [0, 0.05) is 38.1 Å². The molecule has 0 N–H and O–H groups in total. The fraction of sp³-hybridized carbons (Fsp3) is 0. The van der Waals surface area contributed by atoms with E-state index in [1.54, 1.807) is 0 Å². The summed E-state index contributed by atoms with van der Waals surface area (Å²) in [5.41, 5.74) is 11.7. The van der Waals surface area contributed by atoms with Gasteiger partial charge in [0.15, 0.2) is 0 Å². The molecule has 4 heteroatoms. The summed E-state index contributed by atoms with van der Waals surface area (Å²) in [5.74, 6) is 0. The van der Waals surface area contributed by atoms with Crippen molar-refractivity contribution >= 4 is 76.5 Å². The molecule has 0 saturated heterocycles. The average molecular weight is 639 g/mol. The molecule has 0 aliphatic carbocycles. The lowest BCUT2D eigenvalue weighted by Crippen LogP contribution is -1.92. The second-order valence-electron chi connectivity index (χ2n) is 12.9. The number of benzene rings is 8. The maximum atomic E-state index is 6.69. The predicted octanol–water partition coefficient (Wildman–Crippen LogP) is 12.7. The summed E-state index contributed by atoms with van der Waals surface area (Å²) in [6, 6.07) is 52.9. The van der Waals surface area contributed by atoms with Gasteiger partial charge in [-0.3, -0.25) is 4.98 Å². The van der Waals surface area contributed by atoms with Gasteiger partial charge in [0.1, 0.15) is 22.3 Å². The molecule has 4 nitrogen and oxygen atoms in total. The summed E-state index contributed by atoms with van der Waals surface area (Å²) < 4.78 is 12.8. The molecule has 0 spiro atoms. The van der Waals surface area contributed by atoms with Gasteiger partial charge in [-0.05, 0) is 45.7 Å². The van der Waals surface area contributed by atoms with Crippen molar-refractivity contribution < 1.29 is 8.83 Å². The van der Waals surface area contributed by atoms with E-state index in [1.807, 2.05) is 24.4 Å². The molecule has 0 aliphatic rings. The standard InChI is InChI=1S/C46H26N2O2/c1-3-10-34-32(8-1)33-9-2-4-11-35(33)44-43(34)47-26-39(48-44)30-22-18-28(19-23-30)27-16-20-29(21-17-27)31-13-7-14-36-37-24-25-41-42(46(37)50-45(31)36)38-12-5-6-15-40(38)49-41/h1-26H. The molecule has 11 aromatic rings. The van der Waals surface area contributed by atoms with Crippen molar-refractivity contribution in [1.82, 2.24) is 9.97 Å². The Morgan fingerprint density at radius 1 is 0.360 bits per heavy atom. The lowest BCUT2D eigenvalue weighted by molar-refractivity contribution is 0.663. The molecular weight excluding hydrogens is 613 g/mol. The fourth-order valence-electron chi connectivity index (χ4n) is 7.73. The van der Waals surface area contributed by atoms with Crippen LogP contribution in [0.1, 0.15) is 0 Å². The number of rotatable bonds is 3. The van der Waals surface area contributed by atoms with E-state index in [0.29, 0.717) is 0 Å². The molecule has 8 aromatic carbocycles. The van der Waals surface area contributed by atoms with E-state index < -0.39 is 0 Å². The van der Waals surface area contributed by atoms with Crippen LogP contribution >= 0.6 is 0 Å². The first-order valence-corrected chi connectivity index (χ1v) is 16.8. The van der Waals surface area contributed by atoms with Crippen molar-refractivity contribution in [3.05, 3.63) is 158 Å². The Hall–Kier alpha value is -6.78. The largest absolute Gasteiger partial charge is 0.456 e. The Labute approximate surface area is 285 Å². The second-order valence-corrected chi connectivity index (χ2v) is 12.9. The maximum absolute atomic E-state index is 6.69. The van der Waals surface area contributed by atoms with Gasteiger partial charge in [-0.25, -0.2) is 4.98 Å². The molecule has 11 rings (SSSR count). The van der Waals surface area contributed by atoms with Crippen LogP contribution in [0.5, 0.6) is 0 Å². The zero-order valence-corrected chi connectivity index (χ0v) is 26.7. The Kier molecular flexibility index (Phi) is 5.63. The highest BCUT2D eigenvalue weighted by molar-refractivity contribution is 6.24. The van der Waals surface area contributed by atoms with Crippen molar-refractivity contribution in [3.63, 3.8) is 0 Å². The second kappa shape index (κ2) is 10.4. The van der Waals surface area contributed by atoms with Gasteiger partial charge >= 0.3 is 0 Å². The van der Waals surface area contributed by atoms with Crippen LogP contribution in [0.25, 0.3) is 110 Å². The Morgan fingerprint density at radius 3 is 1.68 bits per heavy atom. The summed E-state index contributed by atoms with van der Waals surface area (Å²) in [4.78, 5) is 10.1. The van der Waals surface area contributed by atoms with Gasteiger partial charge in [-0.2, -0.15) is 0 Å². The first kappa shape index (κ1) is 27.2. The Bertz CT molecular complexity index is 3100. The third-order valence-corrected chi connectivity index (χ3v) is 10.1. The minimum absolute atomic E-state index is 0.837. The van der Waals surface area contributed by atoms with Gasteiger partial charge in [0.25, 0.3) is 0 Å². The van der Waals surface area contributed by atoms with Gasteiger partial charge in [-0.1, -0.05) is 133 Å². The molecule has 3 heterocycles. The predicted molar refractivity (Wildman–Crippen MR) is 205 cm³/mol. The minimum Gasteiger partial charge on any atom is -0.456 e. The van der Waals surface area contributed by atoms with E-state index in [1.165, 1.54) is 10.8 Å². The number of furan rings is 2. The molecule has 0 radical (unpaired) electrons. The summed E-state index contributed by atoms with van der Waals surface area (Å²) in [6.07, 6.45) is 1.89. The third-order valence-electron chi connectivity index (χ3n) is 10.1. The van der Waals surface area contributed by atoms with Crippen molar-refractivity contribution in [1.29, 1.82) is 0 Å². The van der Waals surface area contributed by atoms with Crippen molar-refractivity contribution in [3.8, 4) is 33.5 Å². The number of para-hydroxylation sites is 2. The summed E-state index contributed by atoms with van der Waals surface area (Å²) in [7, 11) is 0. The summed E-state index contributed by atoms with van der Waals surface area (Å²) in [5, 5.41) is 8.92. The molecule has 50 heavy (non-hydrogen) atoms. The van der Waals surface area contributed by atoms with Crippen LogP contribution in [0.4, 0.5) is 0 Å². The van der Waals surface area contributed by atoms with Gasteiger partial charge in [0.2, 0.25) is 0 Å². The van der Waals surface area contributed by atoms with Crippen LogP contribution in [0.3, 0.4) is 0 Å². The molecule has 0 aliphatic heterocycles. The molecule has 0 atom stereocenters. The SMILES string of the molecule is c1ccc2c(c1)oc1ccc3c4cccc(-c5ccc(-c6ccc(-c7cnc8c9ccccc9c9ccccc9c8n7)cc6)cc5)c4oc3c12. The van der Waals surface area contributed by atoms with E-state index in [9.17, 15) is 0 Å². The third kappa shape index (κ3) is 3.93. The zero-order valence-electron chi connectivity index (χ0n) is 26.7. The van der Waals surface area contributed by atoms with E-state index in [4.69, 9.17) is 18.8 Å². The van der Waals surface area contributed by atoms with Crippen LogP contribution in [0, 0.1) is 0 Å². The molecule has 0 saturated carbocycles. The maximum Gasteiger partial charge on any atom is 0.147 e. The lowest BCUT2D eigenvalue weighted by Gasteiger charge is -2.11. The number of fused-ring (bicyclic) bond motifs is 13. The fourth-order valence-corrected chi connectivity index (χ4v) is 7.73. The Morgan fingerprint density at radius 2 is 0.940 bits per heavy atom. The average Bonchev–Trinajstić information content (AvgIpc) is 3.77. The highest BCUT2D eigenvalue weighted by Crippen LogP contribution is 2.42. The molecule has 232 valence electrons. The molecule has 3 aromatic heterocycles. The first-order valence-electron chi connectivity index (χ1n) is 16.8. The quantitative estimate of drug-likeness (QED) is 0.181.